The van der Waals surface area contributed by atoms with Gasteiger partial charge in [-0.15, -0.1) is 0 Å². The van der Waals surface area contributed by atoms with E-state index in [1.807, 2.05) is 30.3 Å². The van der Waals surface area contributed by atoms with Crippen LogP contribution in [0.3, 0.4) is 0 Å². The number of hydrogen-bond acceptors (Lipinski definition) is 3. The molecule has 0 spiro atoms. The van der Waals surface area contributed by atoms with Gasteiger partial charge in [0, 0.05) is 12.5 Å². The Labute approximate surface area is 192 Å². The van der Waals surface area contributed by atoms with Crippen molar-refractivity contribution in [1.82, 2.24) is 4.90 Å². The SMILES string of the molecule is COc1ccc([C@@](O)(CCc2ccccc2)[C@@H](CN2CCCCC2)c2ccccc2)cc1. The number of ether oxygens (including phenoxy) is 1. The molecule has 3 aromatic carbocycles. The van der Waals surface area contributed by atoms with Crippen molar-refractivity contribution in [2.75, 3.05) is 26.7 Å². The highest BCUT2D eigenvalue weighted by molar-refractivity contribution is 5.36. The number of benzene rings is 3. The summed E-state index contributed by atoms with van der Waals surface area (Å²) in [4.78, 5) is 2.54. The summed E-state index contributed by atoms with van der Waals surface area (Å²) in [6, 6.07) is 29.1. The molecule has 3 nitrogen and oxygen atoms in total. The lowest BCUT2D eigenvalue weighted by Gasteiger charge is -2.41. The Hall–Kier alpha value is -2.62. The molecule has 1 saturated heterocycles. The van der Waals surface area contributed by atoms with Crippen LogP contribution in [-0.4, -0.2) is 36.8 Å². The van der Waals surface area contributed by atoms with Gasteiger partial charge in [0.15, 0.2) is 0 Å². The molecule has 1 heterocycles. The van der Waals surface area contributed by atoms with E-state index >= 15 is 0 Å². The summed E-state index contributed by atoms with van der Waals surface area (Å²) in [5, 5.41) is 12.5. The van der Waals surface area contributed by atoms with Gasteiger partial charge >= 0.3 is 0 Å². The van der Waals surface area contributed by atoms with E-state index in [2.05, 4.69) is 59.5 Å². The van der Waals surface area contributed by atoms with Crippen LogP contribution in [0.4, 0.5) is 0 Å². The lowest BCUT2D eigenvalue weighted by Crippen LogP contribution is -2.43. The lowest BCUT2D eigenvalue weighted by atomic mass is 9.73. The molecule has 1 N–H and O–H groups in total. The molecule has 0 amide bonds. The zero-order valence-corrected chi connectivity index (χ0v) is 19.1. The molecule has 4 rings (SSSR count). The Kier molecular flexibility index (Phi) is 7.62. The van der Waals surface area contributed by atoms with Crippen molar-refractivity contribution < 1.29 is 9.84 Å². The Balaban J connectivity index is 1.71. The summed E-state index contributed by atoms with van der Waals surface area (Å²) in [6.45, 7) is 3.09. The summed E-state index contributed by atoms with van der Waals surface area (Å²) in [5.74, 6) is 0.797. The van der Waals surface area contributed by atoms with Crippen molar-refractivity contribution in [2.45, 2.75) is 43.6 Å². The van der Waals surface area contributed by atoms with E-state index in [0.29, 0.717) is 6.42 Å². The molecule has 0 aromatic heterocycles. The zero-order valence-electron chi connectivity index (χ0n) is 19.1. The molecule has 0 radical (unpaired) electrons. The predicted molar refractivity (Wildman–Crippen MR) is 131 cm³/mol. The Morgan fingerprint density at radius 3 is 2.09 bits per heavy atom. The number of rotatable bonds is 9. The zero-order chi connectivity index (χ0) is 22.2. The topological polar surface area (TPSA) is 32.7 Å². The molecule has 32 heavy (non-hydrogen) atoms. The number of aliphatic hydroxyl groups is 1. The molecule has 1 fully saturated rings. The maximum Gasteiger partial charge on any atom is 0.118 e. The summed E-state index contributed by atoms with van der Waals surface area (Å²) in [5.41, 5.74) is 2.43. The quantitative estimate of drug-likeness (QED) is 0.468. The highest BCUT2D eigenvalue weighted by Crippen LogP contribution is 2.42. The van der Waals surface area contributed by atoms with Crippen molar-refractivity contribution >= 4 is 0 Å². The number of hydrogen-bond donors (Lipinski definition) is 1. The van der Waals surface area contributed by atoms with E-state index in [1.165, 1.54) is 30.4 Å². The molecule has 168 valence electrons. The number of aryl methyl sites for hydroxylation is 1. The van der Waals surface area contributed by atoms with Crippen molar-refractivity contribution in [2.24, 2.45) is 0 Å². The first-order valence-electron chi connectivity index (χ1n) is 11.9. The smallest absolute Gasteiger partial charge is 0.118 e. The third-order valence-corrected chi connectivity index (χ3v) is 6.90. The second kappa shape index (κ2) is 10.8. The van der Waals surface area contributed by atoms with Crippen LogP contribution in [0, 0.1) is 0 Å². The van der Waals surface area contributed by atoms with Gasteiger partial charge in [-0.3, -0.25) is 0 Å². The first-order chi connectivity index (χ1) is 15.7. The lowest BCUT2D eigenvalue weighted by molar-refractivity contribution is -0.0144. The monoisotopic (exact) mass is 429 g/mol. The van der Waals surface area contributed by atoms with Gasteiger partial charge < -0.3 is 14.7 Å². The first kappa shape index (κ1) is 22.6. The molecular weight excluding hydrogens is 394 g/mol. The molecule has 1 aliphatic rings. The number of piperidine rings is 1. The summed E-state index contributed by atoms with van der Waals surface area (Å²) in [6.07, 6.45) is 5.28. The van der Waals surface area contributed by atoms with Gasteiger partial charge in [-0.1, -0.05) is 79.2 Å². The van der Waals surface area contributed by atoms with Crippen molar-refractivity contribution in [3.05, 3.63) is 102 Å². The van der Waals surface area contributed by atoms with Crippen molar-refractivity contribution in [3.63, 3.8) is 0 Å². The van der Waals surface area contributed by atoms with Crippen LogP contribution in [0.1, 0.15) is 48.3 Å². The van der Waals surface area contributed by atoms with Gasteiger partial charge in [-0.05, 0) is 67.6 Å². The largest absolute Gasteiger partial charge is 0.497 e. The van der Waals surface area contributed by atoms with Gasteiger partial charge in [0.2, 0.25) is 0 Å². The Bertz CT molecular complexity index is 936. The molecule has 1 aliphatic heterocycles. The van der Waals surface area contributed by atoms with Crippen molar-refractivity contribution in [3.8, 4) is 5.75 Å². The molecule has 0 bridgehead atoms. The minimum absolute atomic E-state index is 0.0149. The number of nitrogens with zero attached hydrogens (tertiary/aromatic N) is 1. The minimum Gasteiger partial charge on any atom is -0.497 e. The first-order valence-corrected chi connectivity index (χ1v) is 11.9. The van der Waals surface area contributed by atoms with E-state index in [0.717, 1.165) is 37.4 Å². The molecule has 3 aromatic rings. The minimum atomic E-state index is -0.985. The molecular formula is C29H35NO2. The fourth-order valence-corrected chi connectivity index (χ4v) is 5.00. The molecule has 0 aliphatic carbocycles. The van der Waals surface area contributed by atoms with E-state index in [9.17, 15) is 5.11 Å². The van der Waals surface area contributed by atoms with Gasteiger partial charge in [0.05, 0.1) is 12.7 Å². The Morgan fingerprint density at radius 2 is 1.47 bits per heavy atom. The van der Waals surface area contributed by atoms with E-state index in [-0.39, 0.29) is 5.92 Å². The van der Waals surface area contributed by atoms with Crippen LogP contribution < -0.4 is 4.74 Å². The summed E-state index contributed by atoms with van der Waals surface area (Å²) >= 11 is 0. The maximum absolute atomic E-state index is 12.5. The van der Waals surface area contributed by atoms with Crippen LogP contribution in [0.2, 0.25) is 0 Å². The van der Waals surface area contributed by atoms with Crippen LogP contribution in [0.25, 0.3) is 0 Å². The van der Waals surface area contributed by atoms with Crippen LogP contribution >= 0.6 is 0 Å². The van der Waals surface area contributed by atoms with Crippen LogP contribution in [0.5, 0.6) is 5.75 Å². The normalized spacial score (nSPS) is 17.4. The number of methoxy groups -OCH3 is 1. The van der Waals surface area contributed by atoms with E-state index in [1.54, 1.807) is 7.11 Å². The van der Waals surface area contributed by atoms with Crippen LogP contribution in [0.15, 0.2) is 84.9 Å². The fourth-order valence-electron chi connectivity index (χ4n) is 5.00. The third-order valence-electron chi connectivity index (χ3n) is 6.90. The second-order valence-electron chi connectivity index (χ2n) is 8.96. The summed E-state index contributed by atoms with van der Waals surface area (Å²) in [7, 11) is 1.68. The summed E-state index contributed by atoms with van der Waals surface area (Å²) < 4.78 is 5.39. The molecule has 0 unspecified atom stereocenters. The fraction of sp³-hybridized carbons (Fsp3) is 0.379. The highest BCUT2D eigenvalue weighted by Gasteiger charge is 2.40. The van der Waals surface area contributed by atoms with Gasteiger partial charge in [0.1, 0.15) is 5.75 Å². The van der Waals surface area contributed by atoms with Crippen LogP contribution in [-0.2, 0) is 12.0 Å². The number of likely N-dealkylation sites (tertiary alicyclic amines) is 1. The average molecular weight is 430 g/mol. The van der Waals surface area contributed by atoms with Crippen molar-refractivity contribution in [1.29, 1.82) is 0 Å². The molecule has 2 atom stereocenters. The van der Waals surface area contributed by atoms with E-state index < -0.39 is 5.60 Å². The maximum atomic E-state index is 12.5. The van der Waals surface area contributed by atoms with Gasteiger partial charge in [-0.25, -0.2) is 0 Å². The Morgan fingerprint density at radius 1 is 0.844 bits per heavy atom. The third kappa shape index (κ3) is 5.40. The van der Waals surface area contributed by atoms with Gasteiger partial charge in [-0.2, -0.15) is 0 Å². The van der Waals surface area contributed by atoms with Gasteiger partial charge in [0.25, 0.3) is 0 Å². The van der Waals surface area contributed by atoms with E-state index in [4.69, 9.17) is 4.74 Å². The standard InChI is InChI=1S/C29H35NO2/c1-32-27-17-15-26(16-18-27)29(31,20-19-24-11-5-2-6-12-24)28(25-13-7-3-8-14-25)23-30-21-9-4-10-22-30/h2-3,5-8,11-18,28,31H,4,9-10,19-23H2,1H3/t28-,29-/m0/s1. The average Bonchev–Trinajstić information content (AvgIpc) is 2.88. The predicted octanol–water partition coefficient (Wildman–Crippen LogP) is 5.79. The highest BCUT2D eigenvalue weighted by atomic mass is 16.5. The molecule has 3 heteroatoms. The molecule has 0 saturated carbocycles. The second-order valence-corrected chi connectivity index (χ2v) is 8.96.